The molecule has 1 N–H and O–H groups in total. The van der Waals surface area contributed by atoms with E-state index in [0.29, 0.717) is 24.2 Å². The van der Waals surface area contributed by atoms with Crippen LogP contribution in [0.2, 0.25) is 0 Å². The van der Waals surface area contributed by atoms with Crippen molar-refractivity contribution in [2.24, 2.45) is 0 Å². The van der Waals surface area contributed by atoms with Gasteiger partial charge in [0, 0.05) is 11.6 Å². The van der Waals surface area contributed by atoms with E-state index >= 15 is 0 Å². The maximum atomic E-state index is 13.2. The standard InChI is InChI=1S/C24H22FNO4/c1-28-21-9-2-16(3-10-21)12-20(26-24(27)18-5-7-19(25)8-6-18)13-17-4-11-22-23(14-17)30-15-29-22/h2-11,14,20H,12-13,15H2,1H3,(H,26,27)/t20-/m0/s1. The van der Waals surface area contributed by atoms with Crippen LogP contribution < -0.4 is 19.5 Å². The molecule has 30 heavy (non-hydrogen) atoms. The Morgan fingerprint density at radius 2 is 1.63 bits per heavy atom. The van der Waals surface area contributed by atoms with Crippen molar-refractivity contribution in [2.75, 3.05) is 13.9 Å². The van der Waals surface area contributed by atoms with E-state index < -0.39 is 0 Å². The van der Waals surface area contributed by atoms with Gasteiger partial charge in [0.25, 0.3) is 5.91 Å². The topological polar surface area (TPSA) is 56.8 Å². The van der Waals surface area contributed by atoms with Crippen LogP contribution in [0.5, 0.6) is 17.2 Å². The minimum Gasteiger partial charge on any atom is -0.497 e. The largest absolute Gasteiger partial charge is 0.497 e. The smallest absolute Gasteiger partial charge is 0.251 e. The minimum atomic E-state index is -0.373. The number of carbonyl (C=O) groups is 1. The number of fused-ring (bicyclic) bond motifs is 1. The summed E-state index contributed by atoms with van der Waals surface area (Å²) < 4.78 is 29.3. The lowest BCUT2D eigenvalue weighted by molar-refractivity contribution is 0.0936. The number of ether oxygens (including phenoxy) is 3. The fourth-order valence-electron chi connectivity index (χ4n) is 3.44. The molecule has 6 heteroatoms. The summed E-state index contributed by atoms with van der Waals surface area (Å²) >= 11 is 0. The molecule has 5 nitrogen and oxygen atoms in total. The van der Waals surface area contributed by atoms with Gasteiger partial charge < -0.3 is 19.5 Å². The van der Waals surface area contributed by atoms with Crippen LogP contribution in [0.15, 0.2) is 66.7 Å². The number of hydrogen-bond donors (Lipinski definition) is 1. The molecular formula is C24H22FNO4. The summed E-state index contributed by atoms with van der Waals surface area (Å²) in [5.41, 5.74) is 2.51. The number of nitrogens with one attached hydrogen (secondary N) is 1. The molecule has 0 radical (unpaired) electrons. The Kier molecular flexibility index (Phi) is 5.84. The van der Waals surface area contributed by atoms with Crippen LogP contribution in [0, 0.1) is 5.82 Å². The number of carbonyl (C=O) groups excluding carboxylic acids is 1. The maximum Gasteiger partial charge on any atom is 0.251 e. The summed E-state index contributed by atoms with van der Waals surface area (Å²) in [5, 5.41) is 3.08. The van der Waals surface area contributed by atoms with Crippen LogP contribution in [-0.4, -0.2) is 25.9 Å². The molecule has 0 bridgehead atoms. The molecule has 3 aromatic carbocycles. The van der Waals surface area contributed by atoms with Crippen molar-refractivity contribution < 1.29 is 23.4 Å². The molecule has 1 amide bonds. The number of rotatable bonds is 7. The third-order valence-electron chi connectivity index (χ3n) is 5.00. The summed E-state index contributed by atoms with van der Waals surface area (Å²) in [7, 11) is 1.63. The average Bonchev–Trinajstić information content (AvgIpc) is 3.22. The summed E-state index contributed by atoms with van der Waals surface area (Å²) in [6, 6.07) is 18.9. The van der Waals surface area contributed by atoms with Gasteiger partial charge in [-0.3, -0.25) is 4.79 Å². The van der Waals surface area contributed by atoms with E-state index in [1.807, 2.05) is 42.5 Å². The number of methoxy groups -OCH3 is 1. The molecule has 154 valence electrons. The second-order valence-electron chi connectivity index (χ2n) is 7.12. The Morgan fingerprint density at radius 1 is 0.967 bits per heavy atom. The molecule has 0 unspecified atom stereocenters. The first-order valence-electron chi connectivity index (χ1n) is 9.68. The quantitative estimate of drug-likeness (QED) is 0.639. The zero-order valence-electron chi connectivity index (χ0n) is 16.6. The van der Waals surface area contributed by atoms with Gasteiger partial charge in [0.15, 0.2) is 11.5 Å². The van der Waals surface area contributed by atoms with Crippen molar-refractivity contribution in [2.45, 2.75) is 18.9 Å². The Balaban J connectivity index is 1.53. The molecule has 0 saturated heterocycles. The SMILES string of the molecule is COc1ccc(C[C@@H](Cc2ccc3c(c2)OCO3)NC(=O)c2ccc(F)cc2)cc1. The predicted molar refractivity (Wildman–Crippen MR) is 111 cm³/mol. The molecule has 4 rings (SSSR count). The lowest BCUT2D eigenvalue weighted by Crippen LogP contribution is -2.38. The van der Waals surface area contributed by atoms with Gasteiger partial charge in [-0.05, 0) is 72.5 Å². The van der Waals surface area contributed by atoms with E-state index in [9.17, 15) is 9.18 Å². The molecule has 1 aliphatic rings. The molecule has 1 aliphatic heterocycles. The van der Waals surface area contributed by atoms with Crippen molar-refractivity contribution >= 4 is 5.91 Å². The number of halogens is 1. The van der Waals surface area contributed by atoms with E-state index in [1.54, 1.807) is 7.11 Å². The highest BCUT2D eigenvalue weighted by Gasteiger charge is 2.18. The fraction of sp³-hybridized carbons (Fsp3) is 0.208. The molecular weight excluding hydrogens is 385 g/mol. The lowest BCUT2D eigenvalue weighted by Gasteiger charge is -2.20. The van der Waals surface area contributed by atoms with Crippen LogP contribution in [0.1, 0.15) is 21.5 Å². The summed E-state index contributed by atoms with van der Waals surface area (Å²) in [6.07, 6.45) is 1.24. The third kappa shape index (κ3) is 4.71. The van der Waals surface area contributed by atoms with Gasteiger partial charge in [-0.25, -0.2) is 4.39 Å². The zero-order valence-corrected chi connectivity index (χ0v) is 16.6. The van der Waals surface area contributed by atoms with Gasteiger partial charge in [0.2, 0.25) is 6.79 Å². The van der Waals surface area contributed by atoms with Crippen molar-refractivity contribution in [1.29, 1.82) is 0 Å². The van der Waals surface area contributed by atoms with Gasteiger partial charge in [-0.2, -0.15) is 0 Å². The van der Waals surface area contributed by atoms with Crippen molar-refractivity contribution in [3.63, 3.8) is 0 Å². The summed E-state index contributed by atoms with van der Waals surface area (Å²) in [5.74, 6) is 1.60. The van der Waals surface area contributed by atoms with E-state index in [-0.39, 0.29) is 24.6 Å². The van der Waals surface area contributed by atoms with Crippen molar-refractivity contribution in [3.8, 4) is 17.2 Å². The summed E-state index contributed by atoms with van der Waals surface area (Å²) in [4.78, 5) is 12.7. The first-order chi connectivity index (χ1) is 14.6. The van der Waals surface area contributed by atoms with E-state index in [4.69, 9.17) is 14.2 Å². The molecule has 1 atom stereocenters. The molecule has 0 saturated carbocycles. The van der Waals surface area contributed by atoms with Crippen LogP contribution in [0.3, 0.4) is 0 Å². The Bertz CT molecular complexity index is 1020. The zero-order chi connectivity index (χ0) is 20.9. The normalized spacial score (nSPS) is 13.0. The molecule has 3 aromatic rings. The summed E-state index contributed by atoms with van der Waals surface area (Å²) in [6.45, 7) is 0.218. The van der Waals surface area contributed by atoms with Crippen LogP contribution in [0.25, 0.3) is 0 Å². The van der Waals surface area contributed by atoms with Gasteiger partial charge >= 0.3 is 0 Å². The van der Waals surface area contributed by atoms with Gasteiger partial charge in [-0.1, -0.05) is 18.2 Å². The molecule has 0 fully saturated rings. The highest BCUT2D eigenvalue weighted by Crippen LogP contribution is 2.33. The first-order valence-corrected chi connectivity index (χ1v) is 9.68. The van der Waals surface area contributed by atoms with E-state index in [0.717, 1.165) is 22.6 Å². The minimum absolute atomic E-state index is 0.170. The molecule has 1 heterocycles. The van der Waals surface area contributed by atoms with Crippen LogP contribution in [-0.2, 0) is 12.8 Å². The van der Waals surface area contributed by atoms with Gasteiger partial charge in [0.05, 0.1) is 7.11 Å². The Hall–Kier alpha value is -3.54. The van der Waals surface area contributed by atoms with E-state index in [1.165, 1.54) is 24.3 Å². The van der Waals surface area contributed by atoms with Gasteiger partial charge in [-0.15, -0.1) is 0 Å². The molecule has 0 aromatic heterocycles. The number of benzene rings is 3. The second-order valence-corrected chi connectivity index (χ2v) is 7.12. The van der Waals surface area contributed by atoms with Crippen molar-refractivity contribution in [3.05, 3.63) is 89.2 Å². The van der Waals surface area contributed by atoms with Crippen LogP contribution in [0.4, 0.5) is 4.39 Å². The molecule has 0 spiro atoms. The highest BCUT2D eigenvalue weighted by atomic mass is 19.1. The second kappa shape index (κ2) is 8.86. The van der Waals surface area contributed by atoms with E-state index in [2.05, 4.69) is 5.32 Å². The van der Waals surface area contributed by atoms with Gasteiger partial charge in [0.1, 0.15) is 11.6 Å². The number of amides is 1. The highest BCUT2D eigenvalue weighted by molar-refractivity contribution is 5.94. The Labute approximate surface area is 174 Å². The number of hydrogen-bond acceptors (Lipinski definition) is 4. The monoisotopic (exact) mass is 407 g/mol. The average molecular weight is 407 g/mol. The first kappa shape index (κ1) is 19.8. The third-order valence-corrected chi connectivity index (χ3v) is 5.00. The van der Waals surface area contributed by atoms with Crippen molar-refractivity contribution in [1.82, 2.24) is 5.32 Å². The molecule has 0 aliphatic carbocycles. The lowest BCUT2D eigenvalue weighted by atomic mass is 9.98. The fourth-order valence-corrected chi connectivity index (χ4v) is 3.44. The maximum absolute atomic E-state index is 13.2. The van der Waals surface area contributed by atoms with Crippen LogP contribution >= 0.6 is 0 Å². The Morgan fingerprint density at radius 3 is 2.37 bits per heavy atom. The predicted octanol–water partition coefficient (Wildman–Crippen LogP) is 4.15.